The van der Waals surface area contributed by atoms with Crippen LogP contribution in [-0.4, -0.2) is 33.4 Å². The van der Waals surface area contributed by atoms with E-state index < -0.39 is 0 Å². The molecule has 0 spiro atoms. The third-order valence-electron chi connectivity index (χ3n) is 8.93. The minimum absolute atomic E-state index is 0. The molecule has 7 rings (SSSR count). The summed E-state index contributed by atoms with van der Waals surface area (Å²) >= 11 is 0. The van der Waals surface area contributed by atoms with E-state index in [1.807, 2.05) is 30.5 Å². The number of para-hydroxylation sites is 1. The smallest absolute Gasteiger partial charge is 0.509 e. The average molecular weight is 738 g/mol. The number of fused-ring (bicyclic) bond motifs is 3. The largest absolute Gasteiger partial charge is 2.00 e. The Morgan fingerprint density at radius 1 is 0.796 bits per heavy atom. The number of hydrogen-bond acceptors (Lipinski definition) is 4. The van der Waals surface area contributed by atoms with Gasteiger partial charge in [-0.2, -0.15) is 17.2 Å². The van der Waals surface area contributed by atoms with Crippen molar-refractivity contribution in [2.75, 3.05) is 19.0 Å². The Labute approximate surface area is 303 Å². The van der Waals surface area contributed by atoms with Gasteiger partial charge >= 0.3 is 20.4 Å². The molecule has 0 atom stereocenters. The maximum atomic E-state index is 6.49. The molecular weight excluding hydrogens is 697 g/mol. The van der Waals surface area contributed by atoms with Gasteiger partial charge in [-0.1, -0.05) is 37.6 Å². The van der Waals surface area contributed by atoms with Gasteiger partial charge in [-0.15, -0.1) is 35.7 Å². The molecule has 0 aliphatic heterocycles. The Balaban J connectivity index is 0.00000417. The molecule has 250 valence electrons. The molecule has 7 aromatic rings. The quantitative estimate of drug-likeness (QED) is 0.115. The van der Waals surface area contributed by atoms with Crippen molar-refractivity contribution in [1.29, 1.82) is 0 Å². The van der Waals surface area contributed by atoms with E-state index in [4.69, 9.17) is 14.8 Å². The van der Waals surface area contributed by atoms with Crippen LogP contribution in [0.4, 0.5) is 5.69 Å². The number of nitrogens with zero attached hydrogens (tertiary/aromatic N) is 5. The first kappa shape index (κ1) is 34.2. The zero-order valence-corrected chi connectivity index (χ0v) is 30.9. The van der Waals surface area contributed by atoms with Crippen LogP contribution in [0.1, 0.15) is 41.9 Å². The molecular formula is C42H41N5OPd. The van der Waals surface area contributed by atoms with Crippen LogP contribution in [0.3, 0.4) is 0 Å². The van der Waals surface area contributed by atoms with Gasteiger partial charge in [-0.25, -0.2) is 4.98 Å². The number of anilines is 1. The van der Waals surface area contributed by atoms with E-state index in [0.29, 0.717) is 17.4 Å². The van der Waals surface area contributed by atoms with Gasteiger partial charge in [0, 0.05) is 48.6 Å². The summed E-state index contributed by atoms with van der Waals surface area (Å²) in [5, 5.41) is 7.36. The molecule has 6 nitrogen and oxygen atoms in total. The zero-order chi connectivity index (χ0) is 33.7. The van der Waals surface area contributed by atoms with Gasteiger partial charge in [-0.3, -0.25) is 4.68 Å². The van der Waals surface area contributed by atoms with Gasteiger partial charge < -0.3 is 14.2 Å². The van der Waals surface area contributed by atoms with Crippen LogP contribution in [0.2, 0.25) is 0 Å². The molecule has 0 fully saturated rings. The fourth-order valence-corrected chi connectivity index (χ4v) is 6.82. The van der Waals surface area contributed by atoms with E-state index in [1.165, 1.54) is 33.6 Å². The van der Waals surface area contributed by atoms with Crippen molar-refractivity contribution in [2.45, 2.75) is 48.0 Å². The molecule has 0 radical (unpaired) electrons. The van der Waals surface area contributed by atoms with Crippen LogP contribution in [0, 0.1) is 45.7 Å². The molecule has 0 unspecified atom stereocenters. The first-order valence-electron chi connectivity index (χ1n) is 16.6. The molecule has 3 aromatic heterocycles. The summed E-state index contributed by atoms with van der Waals surface area (Å²) in [5.41, 5.74) is 12.3. The molecule has 0 aliphatic carbocycles. The molecule has 0 amide bonds. The van der Waals surface area contributed by atoms with Crippen molar-refractivity contribution in [3.8, 4) is 34.1 Å². The second-order valence-corrected chi connectivity index (χ2v) is 13.4. The van der Waals surface area contributed by atoms with Gasteiger partial charge in [0.1, 0.15) is 5.82 Å². The normalized spacial score (nSPS) is 11.4. The van der Waals surface area contributed by atoms with Gasteiger partial charge in [0.25, 0.3) is 0 Å². The van der Waals surface area contributed by atoms with E-state index in [0.717, 1.165) is 51.0 Å². The summed E-state index contributed by atoms with van der Waals surface area (Å²) in [6, 6.07) is 34.2. The van der Waals surface area contributed by atoms with Crippen LogP contribution in [0.15, 0.2) is 85.1 Å². The predicted molar refractivity (Wildman–Crippen MR) is 197 cm³/mol. The van der Waals surface area contributed by atoms with Gasteiger partial charge in [0.05, 0.1) is 11.4 Å². The minimum atomic E-state index is 0. The Bertz CT molecular complexity index is 2290. The third kappa shape index (κ3) is 6.42. The maximum absolute atomic E-state index is 6.49. The Morgan fingerprint density at radius 3 is 2.24 bits per heavy atom. The standard InChI is InChI=1S/C42H41N5O.Pd/c1-26(2)20-39-42(41-28(4)22-32(45(7)8)23-29(41)5)30(6)44-47(39)31-12-11-13-33(24-31)48-34-16-17-36-35-14-9-10-15-37(35)46(38(36)25-34)40-21-27(3)18-19-43-40;/h9-19,21-23,26H,20H2,1-8H3;/q-2;+2. The average Bonchev–Trinajstić information content (AvgIpc) is 3.54. The predicted octanol–water partition coefficient (Wildman–Crippen LogP) is 9.92. The van der Waals surface area contributed by atoms with Crippen LogP contribution >= 0.6 is 0 Å². The number of aromatic nitrogens is 4. The molecule has 4 aromatic carbocycles. The second-order valence-electron chi connectivity index (χ2n) is 13.4. The van der Waals surface area contributed by atoms with Crippen molar-refractivity contribution in [2.24, 2.45) is 5.92 Å². The number of benzene rings is 4. The van der Waals surface area contributed by atoms with E-state index >= 15 is 0 Å². The maximum Gasteiger partial charge on any atom is 2.00 e. The second kappa shape index (κ2) is 13.7. The molecule has 0 aliphatic rings. The molecule has 0 bridgehead atoms. The van der Waals surface area contributed by atoms with Crippen LogP contribution in [0.25, 0.3) is 44.4 Å². The van der Waals surface area contributed by atoms with Crippen molar-refractivity contribution < 1.29 is 25.2 Å². The Hall–Kier alpha value is -4.70. The Kier molecular flexibility index (Phi) is 9.53. The fraction of sp³-hybridized carbons (Fsp3) is 0.238. The summed E-state index contributed by atoms with van der Waals surface area (Å²) < 4.78 is 10.7. The molecule has 0 N–H and O–H groups in total. The summed E-state index contributed by atoms with van der Waals surface area (Å²) in [6.45, 7) is 13.1. The zero-order valence-electron chi connectivity index (χ0n) is 29.3. The monoisotopic (exact) mass is 737 g/mol. The van der Waals surface area contributed by atoms with Crippen molar-refractivity contribution in [3.05, 3.63) is 125 Å². The van der Waals surface area contributed by atoms with Crippen molar-refractivity contribution in [1.82, 2.24) is 19.3 Å². The topological polar surface area (TPSA) is 48.1 Å². The SMILES string of the molecule is Cc1ccnc(-n2c3[c-]c(Oc4[c-]c(-n5nc(C)c(-c6c(C)cc(N(C)C)cc6C)c5CC(C)C)ccc4)ccc3c3ccccc32)c1.[Pd+2]. The number of aryl methyl sites for hydroxylation is 4. The number of pyridine rings is 1. The van der Waals surface area contributed by atoms with Gasteiger partial charge in [0.15, 0.2) is 0 Å². The molecule has 49 heavy (non-hydrogen) atoms. The third-order valence-corrected chi connectivity index (χ3v) is 8.93. The number of ether oxygens (including phenoxy) is 1. The number of rotatable bonds is 8. The summed E-state index contributed by atoms with van der Waals surface area (Å²) in [6.07, 6.45) is 2.73. The summed E-state index contributed by atoms with van der Waals surface area (Å²) in [7, 11) is 4.17. The van der Waals surface area contributed by atoms with E-state index in [9.17, 15) is 0 Å². The first-order chi connectivity index (χ1) is 23.1. The molecule has 7 heteroatoms. The first-order valence-corrected chi connectivity index (χ1v) is 16.6. The van der Waals surface area contributed by atoms with Crippen LogP contribution < -0.4 is 9.64 Å². The molecule has 0 saturated carbocycles. The summed E-state index contributed by atoms with van der Waals surface area (Å²) in [4.78, 5) is 6.86. The fourth-order valence-electron chi connectivity index (χ4n) is 6.82. The van der Waals surface area contributed by atoms with Crippen LogP contribution in [0.5, 0.6) is 11.5 Å². The van der Waals surface area contributed by atoms with E-state index in [2.05, 4.69) is 137 Å². The molecule has 3 heterocycles. The van der Waals surface area contributed by atoms with Crippen molar-refractivity contribution >= 4 is 27.5 Å². The van der Waals surface area contributed by atoms with Gasteiger partial charge in [-0.05, 0) is 104 Å². The van der Waals surface area contributed by atoms with E-state index in [-0.39, 0.29) is 20.4 Å². The van der Waals surface area contributed by atoms with Crippen LogP contribution in [-0.2, 0) is 26.8 Å². The number of hydrogen-bond donors (Lipinski definition) is 0. The minimum Gasteiger partial charge on any atom is -0.509 e. The Morgan fingerprint density at radius 2 is 1.53 bits per heavy atom. The summed E-state index contributed by atoms with van der Waals surface area (Å²) in [5.74, 6) is 2.51. The van der Waals surface area contributed by atoms with Gasteiger partial charge in [0.2, 0.25) is 0 Å². The molecule has 0 saturated heterocycles. The van der Waals surface area contributed by atoms with Crippen molar-refractivity contribution in [3.63, 3.8) is 0 Å². The van der Waals surface area contributed by atoms with E-state index in [1.54, 1.807) is 0 Å².